The molecule has 0 aromatic heterocycles. The standard InChI is InChI=1S/C38H63O12P/c1-9-40-51(39,41-10-2)42-21-26(19-31-24(5)29-13-11-22(3)27-15-17-35(7)45-33(43-31)37(27,29)49-47-35)20-32-25(6)30-14-12-23(4)28-16-18-36(8)46-34(44-32)38(28,30)50-48-36/h22-34H,9-21H2,1-8H3/t22-,23-,24-,25-,27+,28+,29+,30+,31-,32-,33-,34-,35-,36-,37-,38-/m1/s1. The minimum atomic E-state index is -3.76. The summed E-state index contributed by atoms with van der Waals surface area (Å²) in [5.41, 5.74) is -1.26. The highest BCUT2D eigenvalue weighted by atomic mass is 31.2. The lowest BCUT2D eigenvalue weighted by Gasteiger charge is -2.61. The molecule has 0 aromatic rings. The van der Waals surface area contributed by atoms with Gasteiger partial charge in [-0.05, 0) is 120 Å². The van der Waals surface area contributed by atoms with Crippen LogP contribution >= 0.6 is 7.82 Å². The summed E-state index contributed by atoms with van der Waals surface area (Å²) in [6.45, 7) is 17.4. The van der Waals surface area contributed by atoms with Gasteiger partial charge >= 0.3 is 7.82 Å². The molecule has 0 unspecified atom stereocenters. The van der Waals surface area contributed by atoms with Crippen LogP contribution < -0.4 is 0 Å². The van der Waals surface area contributed by atoms with Crippen LogP contribution in [0.25, 0.3) is 0 Å². The average Bonchev–Trinajstić information content (AvgIpc) is 3.46. The highest BCUT2D eigenvalue weighted by Gasteiger charge is 2.71. The van der Waals surface area contributed by atoms with Gasteiger partial charge in [-0.1, -0.05) is 27.7 Å². The Kier molecular flexibility index (Phi) is 10.2. The molecule has 8 heterocycles. The fraction of sp³-hybridized carbons (Fsp3) is 1.00. The summed E-state index contributed by atoms with van der Waals surface area (Å²) in [4.78, 5) is 25.0. The van der Waals surface area contributed by atoms with Gasteiger partial charge in [-0.15, -0.1) is 0 Å². The van der Waals surface area contributed by atoms with Crippen LogP contribution in [-0.4, -0.2) is 67.4 Å². The predicted molar refractivity (Wildman–Crippen MR) is 183 cm³/mol. The summed E-state index contributed by atoms with van der Waals surface area (Å²) in [6.07, 6.45) is 7.81. The van der Waals surface area contributed by atoms with Gasteiger partial charge in [-0.25, -0.2) is 24.1 Å². The van der Waals surface area contributed by atoms with Crippen LogP contribution in [0.1, 0.15) is 120 Å². The molecule has 2 saturated carbocycles. The van der Waals surface area contributed by atoms with E-state index in [0.717, 1.165) is 51.4 Å². The number of phosphoric acid groups is 1. The first-order chi connectivity index (χ1) is 24.3. The summed E-state index contributed by atoms with van der Waals surface area (Å²) >= 11 is 0. The van der Waals surface area contributed by atoms with Crippen molar-refractivity contribution in [1.82, 2.24) is 0 Å². The van der Waals surface area contributed by atoms with Crippen molar-refractivity contribution in [2.75, 3.05) is 19.8 Å². The van der Waals surface area contributed by atoms with Crippen molar-refractivity contribution in [3.05, 3.63) is 0 Å². The quantitative estimate of drug-likeness (QED) is 0.150. The monoisotopic (exact) mass is 742 g/mol. The van der Waals surface area contributed by atoms with Crippen LogP contribution in [0.3, 0.4) is 0 Å². The Morgan fingerprint density at radius 2 is 1.08 bits per heavy atom. The van der Waals surface area contributed by atoms with Gasteiger partial charge < -0.3 is 18.9 Å². The fourth-order valence-electron chi connectivity index (χ4n) is 12.0. The van der Waals surface area contributed by atoms with E-state index in [0.29, 0.717) is 36.5 Å². The molecule has 13 heteroatoms. The van der Waals surface area contributed by atoms with E-state index in [1.54, 1.807) is 13.8 Å². The maximum absolute atomic E-state index is 13.6. The molecule has 0 N–H and O–H groups in total. The molecule has 10 aliphatic rings. The molecule has 0 aromatic carbocycles. The molecule has 2 spiro atoms. The molecule has 0 radical (unpaired) electrons. The molecule has 292 valence electrons. The van der Waals surface area contributed by atoms with E-state index in [1.165, 1.54) is 0 Å². The van der Waals surface area contributed by atoms with Gasteiger partial charge in [-0.3, -0.25) is 13.6 Å². The van der Waals surface area contributed by atoms with Crippen LogP contribution in [0, 0.1) is 53.3 Å². The molecule has 8 saturated heterocycles. The lowest BCUT2D eigenvalue weighted by molar-refractivity contribution is -0.571. The third kappa shape index (κ3) is 6.17. The minimum Gasteiger partial charge on any atom is -0.346 e. The van der Waals surface area contributed by atoms with Crippen molar-refractivity contribution < 1.29 is 56.6 Å². The van der Waals surface area contributed by atoms with Crippen LogP contribution in [0.2, 0.25) is 0 Å². The number of hydrogen-bond donors (Lipinski definition) is 0. The van der Waals surface area contributed by atoms with Crippen molar-refractivity contribution in [2.45, 2.75) is 167 Å². The number of hydrogen-bond acceptors (Lipinski definition) is 12. The maximum atomic E-state index is 13.6. The highest BCUT2D eigenvalue weighted by Crippen LogP contribution is 2.63. The molecule has 12 nitrogen and oxygen atoms in total. The zero-order valence-corrected chi connectivity index (χ0v) is 32.9. The lowest BCUT2D eigenvalue weighted by Crippen LogP contribution is -2.70. The van der Waals surface area contributed by atoms with Gasteiger partial charge in [0.2, 0.25) is 11.6 Å². The van der Waals surface area contributed by atoms with Crippen LogP contribution in [0.4, 0.5) is 0 Å². The maximum Gasteiger partial charge on any atom is 0.474 e. The first-order valence-electron chi connectivity index (χ1n) is 20.2. The SMILES string of the molecule is CCOP(=O)(OCC)OCC(C[C@H]1O[C@@H]2O[C@@]3(C)CC[C@H]4[C@H](C)CC[C@@H]([C@H]1C)[C@@]24OO3)C[C@H]1O[C@@H]2O[C@@]3(C)CC[C@H]4[C@H](C)CC[C@@H]([C@H]1C)[C@@]24OO3. The molecule has 8 aliphatic heterocycles. The predicted octanol–water partition coefficient (Wildman–Crippen LogP) is 8.08. The number of fused-ring (bicyclic) bond motifs is 4. The van der Waals surface area contributed by atoms with Gasteiger partial charge in [0.05, 0.1) is 32.0 Å². The Balaban J connectivity index is 1.07. The Bertz CT molecular complexity index is 1230. The second kappa shape index (κ2) is 13.8. The first kappa shape index (κ1) is 37.7. The van der Waals surface area contributed by atoms with E-state index in [-0.39, 0.29) is 61.6 Å². The number of rotatable bonds is 11. The zero-order valence-electron chi connectivity index (χ0n) is 32.0. The van der Waals surface area contributed by atoms with E-state index < -0.39 is 43.2 Å². The van der Waals surface area contributed by atoms with Gasteiger partial charge in [0, 0.05) is 24.7 Å². The Hall–Kier alpha value is -0.210. The van der Waals surface area contributed by atoms with Gasteiger partial charge in [0.25, 0.3) is 0 Å². The Labute approximate surface area is 304 Å². The molecule has 0 amide bonds. The topological polar surface area (TPSA) is 119 Å². The summed E-state index contributed by atoms with van der Waals surface area (Å²) in [5, 5.41) is 0. The fourth-order valence-corrected chi connectivity index (χ4v) is 13.3. The third-order valence-electron chi connectivity index (χ3n) is 14.8. The zero-order chi connectivity index (χ0) is 36.0. The van der Waals surface area contributed by atoms with Crippen molar-refractivity contribution in [1.29, 1.82) is 0 Å². The van der Waals surface area contributed by atoms with Crippen LogP contribution in [0.5, 0.6) is 0 Å². The lowest BCUT2D eigenvalue weighted by atomic mass is 9.56. The normalized spacial score (nSPS) is 51.9. The Morgan fingerprint density at radius 3 is 1.51 bits per heavy atom. The van der Waals surface area contributed by atoms with Crippen molar-refractivity contribution in [3.8, 4) is 0 Å². The van der Waals surface area contributed by atoms with Crippen molar-refractivity contribution in [3.63, 3.8) is 0 Å². The average molecular weight is 743 g/mol. The minimum absolute atomic E-state index is 0.0923. The van der Waals surface area contributed by atoms with E-state index >= 15 is 0 Å². The number of ether oxygens (including phenoxy) is 4. The van der Waals surface area contributed by atoms with Crippen LogP contribution in [0.15, 0.2) is 0 Å². The molecular formula is C38H63O12P. The van der Waals surface area contributed by atoms with Gasteiger partial charge in [0.15, 0.2) is 23.8 Å². The summed E-state index contributed by atoms with van der Waals surface area (Å²) in [7, 11) is -3.76. The van der Waals surface area contributed by atoms with Crippen molar-refractivity contribution in [2.24, 2.45) is 53.3 Å². The second-order valence-corrected chi connectivity index (χ2v) is 19.5. The third-order valence-corrected chi connectivity index (χ3v) is 16.4. The summed E-state index contributed by atoms with van der Waals surface area (Å²) < 4.78 is 58.4. The highest BCUT2D eigenvalue weighted by molar-refractivity contribution is 7.48. The number of phosphoric ester groups is 1. The summed E-state index contributed by atoms with van der Waals surface area (Å²) in [6, 6.07) is 0. The molecule has 4 bridgehead atoms. The van der Waals surface area contributed by atoms with Crippen molar-refractivity contribution >= 4 is 7.82 Å². The van der Waals surface area contributed by atoms with E-state index in [1.807, 2.05) is 13.8 Å². The molecule has 51 heavy (non-hydrogen) atoms. The van der Waals surface area contributed by atoms with Gasteiger partial charge in [0.1, 0.15) is 0 Å². The van der Waals surface area contributed by atoms with Crippen LogP contribution in [-0.2, 0) is 56.6 Å². The first-order valence-corrected chi connectivity index (χ1v) is 21.7. The smallest absolute Gasteiger partial charge is 0.346 e. The molecule has 2 aliphatic carbocycles. The largest absolute Gasteiger partial charge is 0.474 e. The molecular weight excluding hydrogens is 679 g/mol. The second-order valence-electron chi connectivity index (χ2n) is 17.8. The van der Waals surface area contributed by atoms with Gasteiger partial charge in [-0.2, -0.15) is 0 Å². The Morgan fingerprint density at radius 1 is 0.627 bits per heavy atom. The summed E-state index contributed by atoms with van der Waals surface area (Å²) in [5.74, 6) is 0.550. The molecule has 16 atom stereocenters. The van der Waals surface area contributed by atoms with E-state index in [2.05, 4.69) is 27.7 Å². The van der Waals surface area contributed by atoms with E-state index in [4.69, 9.17) is 52.1 Å². The molecule has 10 fully saturated rings. The van der Waals surface area contributed by atoms with E-state index in [9.17, 15) is 4.57 Å². The molecule has 10 rings (SSSR count).